The van der Waals surface area contributed by atoms with Crippen molar-refractivity contribution in [2.24, 2.45) is 0 Å². The standard InChI is InChI=1S/C25H20F4N2O5/c26-24(27)25(28,29)36-20-9-4-15(5-10-20)23(34)35-19-7-1-14(2-8-19)11-17(22(32)33)12-16-3-6-18(30)13-21(16)31/h1-11,13,24H,12,30-31H2,(H,32,33)/b17-11+. The molecule has 188 valence electrons. The fourth-order valence-corrected chi connectivity index (χ4v) is 3.03. The summed E-state index contributed by atoms with van der Waals surface area (Å²) in [4.78, 5) is 24.0. The predicted octanol–water partition coefficient (Wildman–Crippen LogP) is 5.02. The van der Waals surface area contributed by atoms with Crippen LogP contribution < -0.4 is 20.9 Å². The molecule has 0 radical (unpaired) electrons. The van der Waals surface area contributed by atoms with Gasteiger partial charge in [0.25, 0.3) is 0 Å². The lowest BCUT2D eigenvalue weighted by Gasteiger charge is -2.16. The van der Waals surface area contributed by atoms with Gasteiger partial charge in [0.05, 0.1) is 5.56 Å². The van der Waals surface area contributed by atoms with E-state index >= 15 is 0 Å². The highest BCUT2D eigenvalue weighted by Gasteiger charge is 2.43. The third-order valence-corrected chi connectivity index (χ3v) is 4.86. The second-order valence-electron chi connectivity index (χ2n) is 7.56. The lowest BCUT2D eigenvalue weighted by Crippen LogP contribution is -2.33. The molecule has 3 rings (SSSR count). The number of aliphatic carboxylic acids is 1. The maximum Gasteiger partial charge on any atom is 0.461 e. The van der Waals surface area contributed by atoms with Crippen molar-refractivity contribution in [1.29, 1.82) is 0 Å². The minimum absolute atomic E-state index is 0.0408. The summed E-state index contributed by atoms with van der Waals surface area (Å²) in [6.07, 6.45) is -7.18. The molecule has 0 atom stereocenters. The number of rotatable bonds is 9. The van der Waals surface area contributed by atoms with E-state index in [4.69, 9.17) is 16.2 Å². The topological polar surface area (TPSA) is 125 Å². The minimum atomic E-state index is -4.67. The van der Waals surface area contributed by atoms with Gasteiger partial charge in [-0.3, -0.25) is 0 Å². The Morgan fingerprint density at radius 3 is 2.11 bits per heavy atom. The van der Waals surface area contributed by atoms with Gasteiger partial charge in [-0.1, -0.05) is 18.2 Å². The van der Waals surface area contributed by atoms with Crippen molar-refractivity contribution >= 4 is 29.4 Å². The number of nitrogen functional groups attached to an aromatic ring is 2. The summed E-state index contributed by atoms with van der Waals surface area (Å²) in [6, 6.07) is 14.8. The van der Waals surface area contributed by atoms with E-state index in [0.29, 0.717) is 22.5 Å². The van der Waals surface area contributed by atoms with Crippen LogP contribution in [-0.4, -0.2) is 29.6 Å². The van der Waals surface area contributed by atoms with Crippen molar-refractivity contribution in [2.75, 3.05) is 11.5 Å². The van der Waals surface area contributed by atoms with E-state index in [1.54, 1.807) is 12.1 Å². The Bertz CT molecular complexity index is 1280. The van der Waals surface area contributed by atoms with Crippen molar-refractivity contribution in [3.8, 4) is 11.5 Å². The van der Waals surface area contributed by atoms with Gasteiger partial charge in [-0.15, -0.1) is 0 Å². The van der Waals surface area contributed by atoms with E-state index < -0.39 is 30.2 Å². The third-order valence-electron chi connectivity index (χ3n) is 4.86. The van der Waals surface area contributed by atoms with Gasteiger partial charge in [-0.05, 0) is 65.7 Å². The first-order chi connectivity index (χ1) is 16.9. The average Bonchev–Trinajstić information content (AvgIpc) is 2.81. The molecule has 5 N–H and O–H groups in total. The molecule has 0 heterocycles. The Labute approximate surface area is 202 Å². The number of halogens is 4. The Morgan fingerprint density at radius 1 is 0.944 bits per heavy atom. The maximum atomic E-state index is 13.0. The van der Waals surface area contributed by atoms with Crippen molar-refractivity contribution < 1.29 is 41.7 Å². The normalized spacial score (nSPS) is 11.9. The lowest BCUT2D eigenvalue weighted by molar-refractivity contribution is -0.253. The molecule has 0 aliphatic heterocycles. The number of hydrogen-bond acceptors (Lipinski definition) is 6. The van der Waals surface area contributed by atoms with Crippen LogP contribution in [-0.2, 0) is 11.2 Å². The molecule has 0 amide bonds. The number of anilines is 2. The maximum absolute atomic E-state index is 13.0. The molecule has 0 fully saturated rings. The van der Waals surface area contributed by atoms with E-state index in [1.165, 1.54) is 36.4 Å². The molecule has 0 aliphatic rings. The highest BCUT2D eigenvalue weighted by atomic mass is 19.3. The highest BCUT2D eigenvalue weighted by molar-refractivity contribution is 5.93. The zero-order valence-corrected chi connectivity index (χ0v) is 18.5. The number of carboxylic acids is 1. The fraction of sp³-hybridized carbons (Fsp3) is 0.120. The van der Waals surface area contributed by atoms with Crippen LogP contribution in [0.5, 0.6) is 11.5 Å². The number of esters is 1. The molecule has 36 heavy (non-hydrogen) atoms. The molecule has 0 bridgehead atoms. The molecule has 0 aromatic heterocycles. The summed E-state index contributed by atoms with van der Waals surface area (Å²) in [5.74, 6) is -2.40. The zero-order valence-electron chi connectivity index (χ0n) is 18.5. The number of carbonyl (C=O) groups excluding carboxylic acids is 1. The summed E-state index contributed by atoms with van der Waals surface area (Å²) in [6.45, 7) is 0. The number of ether oxygens (including phenoxy) is 2. The summed E-state index contributed by atoms with van der Waals surface area (Å²) in [7, 11) is 0. The smallest absolute Gasteiger partial charge is 0.461 e. The van der Waals surface area contributed by atoms with Crippen LogP contribution >= 0.6 is 0 Å². The van der Waals surface area contributed by atoms with Crippen LogP contribution in [0.15, 0.2) is 72.3 Å². The zero-order chi connectivity index (χ0) is 26.5. The van der Waals surface area contributed by atoms with Gasteiger partial charge in [0.15, 0.2) is 0 Å². The Kier molecular flexibility index (Phi) is 7.83. The van der Waals surface area contributed by atoms with Crippen LogP contribution in [0, 0.1) is 0 Å². The van der Waals surface area contributed by atoms with Crippen LogP contribution in [0.25, 0.3) is 6.08 Å². The Balaban J connectivity index is 1.67. The third kappa shape index (κ3) is 6.75. The molecule has 0 saturated carbocycles. The molecule has 0 saturated heterocycles. The lowest BCUT2D eigenvalue weighted by atomic mass is 10.0. The number of alkyl halides is 4. The molecule has 0 spiro atoms. The van der Waals surface area contributed by atoms with Crippen molar-refractivity contribution in [2.45, 2.75) is 19.0 Å². The van der Waals surface area contributed by atoms with Gasteiger partial charge in [-0.2, -0.15) is 17.6 Å². The molecule has 3 aromatic rings. The summed E-state index contributed by atoms with van der Waals surface area (Å²) >= 11 is 0. The van der Waals surface area contributed by atoms with Gasteiger partial charge >= 0.3 is 24.5 Å². The Hall–Kier alpha value is -4.54. The number of carboxylic acid groups (broad SMARTS) is 1. The summed E-state index contributed by atoms with van der Waals surface area (Å²) in [5.41, 5.74) is 13.5. The largest absolute Gasteiger partial charge is 0.478 e. The number of benzene rings is 3. The number of carbonyl (C=O) groups is 2. The first kappa shape index (κ1) is 26.1. The quantitative estimate of drug-likeness (QED) is 0.123. The van der Waals surface area contributed by atoms with Crippen LogP contribution in [0.3, 0.4) is 0 Å². The van der Waals surface area contributed by atoms with E-state index in [9.17, 15) is 32.3 Å². The fourth-order valence-electron chi connectivity index (χ4n) is 3.03. The molecular formula is C25H20F4N2O5. The molecular weight excluding hydrogens is 484 g/mol. The van der Waals surface area contributed by atoms with Gasteiger partial charge in [0.1, 0.15) is 11.5 Å². The van der Waals surface area contributed by atoms with Crippen LogP contribution in [0.4, 0.5) is 28.9 Å². The van der Waals surface area contributed by atoms with Gasteiger partial charge in [-0.25, -0.2) is 9.59 Å². The molecule has 3 aromatic carbocycles. The van der Waals surface area contributed by atoms with Crippen LogP contribution in [0.2, 0.25) is 0 Å². The van der Waals surface area contributed by atoms with Crippen molar-refractivity contribution in [3.05, 3.63) is 89.0 Å². The SMILES string of the molecule is Nc1ccc(C/C(=C\c2ccc(OC(=O)c3ccc(OC(F)(F)C(F)F)cc3)cc2)C(=O)O)c(N)c1. The van der Waals surface area contributed by atoms with E-state index in [1.807, 2.05) is 0 Å². The number of hydrogen-bond donors (Lipinski definition) is 3. The molecule has 0 aliphatic carbocycles. The highest BCUT2D eigenvalue weighted by Crippen LogP contribution is 2.28. The second kappa shape index (κ2) is 10.8. The average molecular weight is 504 g/mol. The first-order valence-electron chi connectivity index (χ1n) is 10.3. The van der Waals surface area contributed by atoms with Gasteiger partial charge < -0.3 is 26.0 Å². The monoisotopic (exact) mass is 504 g/mol. The molecule has 0 unspecified atom stereocenters. The summed E-state index contributed by atoms with van der Waals surface area (Å²) < 4.78 is 59.5. The minimum Gasteiger partial charge on any atom is -0.478 e. The van der Waals surface area contributed by atoms with E-state index in [2.05, 4.69) is 4.74 Å². The van der Waals surface area contributed by atoms with Gasteiger partial charge in [0.2, 0.25) is 0 Å². The second-order valence-corrected chi connectivity index (χ2v) is 7.56. The molecule has 7 nitrogen and oxygen atoms in total. The van der Waals surface area contributed by atoms with Crippen molar-refractivity contribution in [3.63, 3.8) is 0 Å². The van der Waals surface area contributed by atoms with E-state index in [-0.39, 0.29) is 23.3 Å². The Morgan fingerprint density at radius 2 is 1.56 bits per heavy atom. The van der Waals surface area contributed by atoms with Gasteiger partial charge in [0, 0.05) is 23.4 Å². The summed E-state index contributed by atoms with van der Waals surface area (Å²) in [5, 5.41) is 9.56. The molecule has 11 heteroatoms. The number of nitrogens with two attached hydrogens (primary N) is 2. The van der Waals surface area contributed by atoms with E-state index in [0.717, 1.165) is 24.3 Å². The predicted molar refractivity (Wildman–Crippen MR) is 124 cm³/mol. The first-order valence-corrected chi connectivity index (χ1v) is 10.3. The van der Waals surface area contributed by atoms with Crippen LogP contribution in [0.1, 0.15) is 21.5 Å². The van der Waals surface area contributed by atoms with Crippen molar-refractivity contribution in [1.82, 2.24) is 0 Å².